The number of urea groups is 1. The molecule has 1 aromatic carbocycles. The molecule has 2 amide bonds. The molecular formula is C18H25N5O2. The maximum Gasteiger partial charge on any atom is 0.319 e. The number of amides is 2. The Morgan fingerprint density at radius 2 is 2.00 bits per heavy atom. The smallest absolute Gasteiger partial charge is 0.319 e. The number of aromatic amines is 1. The summed E-state index contributed by atoms with van der Waals surface area (Å²) in [5.74, 6) is 0. The van der Waals surface area contributed by atoms with Crippen molar-refractivity contribution in [2.24, 2.45) is 0 Å². The quantitative estimate of drug-likeness (QED) is 0.799. The number of benzene rings is 1. The van der Waals surface area contributed by atoms with Crippen molar-refractivity contribution in [3.05, 3.63) is 24.4 Å². The van der Waals surface area contributed by atoms with E-state index in [1.54, 1.807) is 6.20 Å². The second-order valence-corrected chi connectivity index (χ2v) is 6.92. The van der Waals surface area contributed by atoms with Crippen molar-refractivity contribution in [2.45, 2.75) is 37.8 Å². The van der Waals surface area contributed by atoms with Crippen molar-refractivity contribution in [3.63, 3.8) is 0 Å². The number of fused-ring (bicyclic) bond motifs is 1. The SMILES string of the molecule is O=C(Nc1ccc2cn[nH]c2c1)NC1CCN(C2CCOCC2)CC1. The van der Waals surface area contributed by atoms with E-state index >= 15 is 0 Å². The first-order chi connectivity index (χ1) is 12.3. The van der Waals surface area contributed by atoms with Crippen molar-refractivity contribution >= 4 is 22.6 Å². The predicted molar refractivity (Wildman–Crippen MR) is 96.7 cm³/mol. The van der Waals surface area contributed by atoms with E-state index in [2.05, 4.69) is 25.7 Å². The number of anilines is 1. The second-order valence-electron chi connectivity index (χ2n) is 6.92. The zero-order valence-electron chi connectivity index (χ0n) is 14.3. The summed E-state index contributed by atoms with van der Waals surface area (Å²) in [6.45, 7) is 3.86. The molecule has 2 fully saturated rings. The molecule has 2 aromatic rings. The van der Waals surface area contributed by atoms with Crippen LogP contribution in [0.1, 0.15) is 25.7 Å². The molecule has 0 spiro atoms. The lowest BCUT2D eigenvalue weighted by molar-refractivity contribution is 0.0244. The highest BCUT2D eigenvalue weighted by atomic mass is 16.5. The fourth-order valence-corrected chi connectivity index (χ4v) is 3.83. The Morgan fingerprint density at radius 1 is 1.20 bits per heavy atom. The number of aromatic nitrogens is 2. The van der Waals surface area contributed by atoms with Crippen molar-refractivity contribution in [2.75, 3.05) is 31.6 Å². The molecule has 0 saturated carbocycles. The van der Waals surface area contributed by atoms with Gasteiger partial charge in [-0.1, -0.05) is 0 Å². The van der Waals surface area contributed by atoms with Crippen LogP contribution in [0.4, 0.5) is 10.5 Å². The number of ether oxygens (including phenoxy) is 1. The molecule has 3 N–H and O–H groups in total. The Kier molecular flexibility index (Phi) is 4.85. The highest BCUT2D eigenvalue weighted by Crippen LogP contribution is 2.20. The number of H-pyrrole nitrogens is 1. The number of nitrogens with zero attached hydrogens (tertiary/aromatic N) is 2. The summed E-state index contributed by atoms with van der Waals surface area (Å²) < 4.78 is 5.44. The number of hydrogen-bond donors (Lipinski definition) is 3. The van der Waals surface area contributed by atoms with E-state index in [0.717, 1.165) is 68.6 Å². The minimum atomic E-state index is -0.136. The van der Waals surface area contributed by atoms with Crippen LogP contribution in [-0.2, 0) is 4.74 Å². The Hall–Kier alpha value is -2.12. The van der Waals surface area contributed by atoms with E-state index < -0.39 is 0 Å². The van der Waals surface area contributed by atoms with Gasteiger partial charge in [0.1, 0.15) is 0 Å². The van der Waals surface area contributed by atoms with Crippen LogP contribution in [0.3, 0.4) is 0 Å². The molecule has 0 atom stereocenters. The summed E-state index contributed by atoms with van der Waals surface area (Å²) in [6.07, 6.45) is 6.05. The zero-order valence-corrected chi connectivity index (χ0v) is 14.3. The first-order valence-corrected chi connectivity index (χ1v) is 9.10. The number of piperidine rings is 1. The minimum absolute atomic E-state index is 0.136. The van der Waals surface area contributed by atoms with Gasteiger partial charge in [-0.3, -0.25) is 5.10 Å². The van der Waals surface area contributed by atoms with Crippen LogP contribution >= 0.6 is 0 Å². The molecule has 3 heterocycles. The number of rotatable bonds is 3. The Balaban J connectivity index is 1.25. The molecule has 0 aliphatic carbocycles. The molecule has 134 valence electrons. The lowest BCUT2D eigenvalue weighted by Gasteiger charge is -2.39. The molecule has 2 aliphatic rings. The Bertz CT molecular complexity index is 717. The Labute approximate surface area is 147 Å². The average Bonchev–Trinajstić information content (AvgIpc) is 3.11. The van der Waals surface area contributed by atoms with Gasteiger partial charge in [-0.2, -0.15) is 5.10 Å². The fraction of sp³-hybridized carbons (Fsp3) is 0.556. The molecule has 0 radical (unpaired) electrons. The van der Waals surface area contributed by atoms with Gasteiger partial charge in [0.05, 0.1) is 11.7 Å². The van der Waals surface area contributed by atoms with Crippen molar-refractivity contribution in [3.8, 4) is 0 Å². The van der Waals surface area contributed by atoms with Crippen LogP contribution in [-0.4, -0.2) is 59.5 Å². The summed E-state index contributed by atoms with van der Waals surface area (Å²) in [5, 5.41) is 14.0. The fourth-order valence-electron chi connectivity index (χ4n) is 3.83. The first-order valence-electron chi connectivity index (χ1n) is 9.10. The second kappa shape index (κ2) is 7.41. The van der Waals surface area contributed by atoms with Crippen molar-refractivity contribution < 1.29 is 9.53 Å². The average molecular weight is 343 g/mol. The van der Waals surface area contributed by atoms with Gasteiger partial charge < -0.3 is 20.3 Å². The first kappa shape index (κ1) is 16.4. The molecule has 25 heavy (non-hydrogen) atoms. The third-order valence-electron chi connectivity index (χ3n) is 5.27. The maximum atomic E-state index is 12.3. The minimum Gasteiger partial charge on any atom is -0.381 e. The molecule has 7 nitrogen and oxygen atoms in total. The largest absolute Gasteiger partial charge is 0.381 e. The molecular weight excluding hydrogens is 318 g/mol. The number of carbonyl (C=O) groups is 1. The van der Waals surface area contributed by atoms with Gasteiger partial charge in [-0.15, -0.1) is 0 Å². The molecule has 7 heteroatoms. The van der Waals surface area contributed by atoms with E-state index in [1.165, 1.54) is 0 Å². The third kappa shape index (κ3) is 3.93. The number of carbonyl (C=O) groups excluding carboxylic acids is 1. The lowest BCUT2D eigenvalue weighted by Crippen LogP contribution is -2.49. The topological polar surface area (TPSA) is 82.3 Å². The van der Waals surface area contributed by atoms with Crippen molar-refractivity contribution in [1.29, 1.82) is 0 Å². The third-order valence-corrected chi connectivity index (χ3v) is 5.27. The van der Waals surface area contributed by atoms with Crippen LogP contribution in [0.2, 0.25) is 0 Å². The molecule has 2 saturated heterocycles. The van der Waals surface area contributed by atoms with Crippen LogP contribution in [0.25, 0.3) is 10.9 Å². The summed E-state index contributed by atoms with van der Waals surface area (Å²) in [4.78, 5) is 14.8. The van der Waals surface area contributed by atoms with E-state index in [1.807, 2.05) is 18.2 Å². The monoisotopic (exact) mass is 343 g/mol. The van der Waals surface area contributed by atoms with Gasteiger partial charge in [0.25, 0.3) is 0 Å². The molecule has 4 rings (SSSR count). The normalized spacial score (nSPS) is 20.6. The van der Waals surface area contributed by atoms with Gasteiger partial charge in [0.2, 0.25) is 0 Å². The van der Waals surface area contributed by atoms with E-state index in [0.29, 0.717) is 6.04 Å². The summed E-state index contributed by atoms with van der Waals surface area (Å²) >= 11 is 0. The van der Waals surface area contributed by atoms with E-state index in [4.69, 9.17) is 4.74 Å². The Morgan fingerprint density at radius 3 is 2.80 bits per heavy atom. The highest BCUT2D eigenvalue weighted by Gasteiger charge is 2.27. The molecule has 2 aliphatic heterocycles. The summed E-state index contributed by atoms with van der Waals surface area (Å²) in [7, 11) is 0. The van der Waals surface area contributed by atoms with Gasteiger partial charge >= 0.3 is 6.03 Å². The summed E-state index contributed by atoms with van der Waals surface area (Å²) in [5.41, 5.74) is 1.69. The lowest BCUT2D eigenvalue weighted by atomic mass is 10.00. The number of hydrogen-bond acceptors (Lipinski definition) is 4. The predicted octanol–water partition coefficient (Wildman–Crippen LogP) is 2.33. The maximum absolute atomic E-state index is 12.3. The van der Waals surface area contributed by atoms with E-state index in [9.17, 15) is 4.79 Å². The molecule has 0 unspecified atom stereocenters. The van der Waals surface area contributed by atoms with Gasteiger partial charge in [-0.05, 0) is 43.9 Å². The van der Waals surface area contributed by atoms with Gasteiger partial charge in [0.15, 0.2) is 0 Å². The van der Waals surface area contributed by atoms with E-state index in [-0.39, 0.29) is 12.1 Å². The van der Waals surface area contributed by atoms with Gasteiger partial charge in [0, 0.05) is 49.5 Å². The van der Waals surface area contributed by atoms with Crippen LogP contribution in [0, 0.1) is 0 Å². The summed E-state index contributed by atoms with van der Waals surface area (Å²) in [6, 6.07) is 6.50. The molecule has 0 bridgehead atoms. The number of nitrogens with one attached hydrogen (secondary N) is 3. The van der Waals surface area contributed by atoms with Crippen LogP contribution in [0.15, 0.2) is 24.4 Å². The van der Waals surface area contributed by atoms with Gasteiger partial charge in [-0.25, -0.2) is 4.79 Å². The zero-order chi connectivity index (χ0) is 17.1. The standard InChI is InChI=1S/C18H25N5O2/c24-18(21-15-2-1-13-12-19-22-17(13)11-15)20-14-3-7-23(8-4-14)16-5-9-25-10-6-16/h1-2,11-12,14,16H,3-10H2,(H,19,22)(H2,20,21,24). The van der Waals surface area contributed by atoms with Crippen LogP contribution < -0.4 is 10.6 Å². The number of likely N-dealkylation sites (tertiary alicyclic amines) is 1. The molecule has 1 aromatic heterocycles. The highest BCUT2D eigenvalue weighted by molar-refractivity contribution is 5.92. The van der Waals surface area contributed by atoms with Crippen molar-refractivity contribution in [1.82, 2.24) is 20.4 Å². The van der Waals surface area contributed by atoms with Crippen LogP contribution in [0.5, 0.6) is 0 Å².